The van der Waals surface area contributed by atoms with Crippen molar-refractivity contribution in [1.29, 1.82) is 0 Å². The van der Waals surface area contributed by atoms with Crippen LogP contribution in [0.5, 0.6) is 5.75 Å². The van der Waals surface area contributed by atoms with E-state index in [0.29, 0.717) is 34.2 Å². The minimum Gasteiger partial charge on any atom is -0.496 e. The number of aromatic nitrogens is 2. The van der Waals surface area contributed by atoms with Gasteiger partial charge in [0.2, 0.25) is 0 Å². The Morgan fingerprint density at radius 3 is 2.74 bits per heavy atom. The molecule has 4 aromatic rings. The average molecular weight is 420 g/mol. The van der Waals surface area contributed by atoms with Crippen molar-refractivity contribution in [3.05, 3.63) is 61.3 Å². The highest BCUT2D eigenvalue weighted by molar-refractivity contribution is 5.97. The predicted molar refractivity (Wildman–Crippen MR) is 114 cm³/mol. The number of carbonyl (C=O) groups is 1. The van der Waals surface area contributed by atoms with E-state index in [2.05, 4.69) is 15.3 Å². The first-order valence-electron chi connectivity index (χ1n) is 9.37. The highest BCUT2D eigenvalue weighted by Crippen LogP contribution is 2.35. The number of methoxy groups -OCH3 is 1. The molecule has 2 aromatic carbocycles. The molecule has 4 rings (SSSR count). The third kappa shape index (κ3) is 4.12. The molecule has 9 nitrogen and oxygen atoms in total. The molecule has 158 valence electrons. The van der Waals surface area contributed by atoms with Gasteiger partial charge in [-0.3, -0.25) is 4.79 Å². The molecule has 0 fully saturated rings. The molecular weight excluding hydrogens is 400 g/mol. The summed E-state index contributed by atoms with van der Waals surface area (Å²) in [6.07, 6.45) is 4.54. The fourth-order valence-corrected chi connectivity index (χ4v) is 3.12. The van der Waals surface area contributed by atoms with Crippen molar-refractivity contribution in [3.8, 4) is 28.4 Å². The fraction of sp³-hybridized carbons (Fsp3) is 0.136. The normalized spacial score (nSPS) is 10.7. The molecule has 1 amide bonds. The minimum absolute atomic E-state index is 0.274. The molecule has 0 spiro atoms. The van der Waals surface area contributed by atoms with Gasteiger partial charge >= 0.3 is 0 Å². The van der Waals surface area contributed by atoms with Crippen molar-refractivity contribution in [3.63, 3.8) is 0 Å². The first-order chi connectivity index (χ1) is 15.1. The summed E-state index contributed by atoms with van der Waals surface area (Å²) in [5.41, 5.74) is 2.74. The van der Waals surface area contributed by atoms with Crippen molar-refractivity contribution in [2.45, 2.75) is 0 Å². The fourth-order valence-electron chi connectivity index (χ4n) is 3.12. The van der Waals surface area contributed by atoms with E-state index in [1.165, 1.54) is 11.3 Å². The molecule has 9 heteroatoms. The minimum atomic E-state index is -0.583. The molecule has 0 aliphatic carbocycles. The number of ether oxygens (including phenoxy) is 1. The lowest BCUT2D eigenvalue weighted by atomic mass is 10.1. The molecule has 2 heterocycles. The van der Waals surface area contributed by atoms with Gasteiger partial charge in [-0.05, 0) is 24.3 Å². The second-order valence-corrected chi connectivity index (χ2v) is 6.56. The first kappa shape index (κ1) is 20.2. The largest absolute Gasteiger partial charge is 0.496 e. The lowest BCUT2D eigenvalue weighted by Gasteiger charge is -2.18. The van der Waals surface area contributed by atoms with E-state index in [1.807, 2.05) is 24.3 Å². The van der Waals surface area contributed by atoms with Crippen LogP contribution in [0.4, 0.5) is 17.4 Å². The summed E-state index contributed by atoms with van der Waals surface area (Å²) in [7, 11) is 3.17. The van der Waals surface area contributed by atoms with Crippen LogP contribution in [-0.2, 0) is 4.79 Å². The maximum atomic E-state index is 11.9. The first-order valence-corrected chi connectivity index (χ1v) is 9.37. The number of carbonyl (C=O) groups excluding carboxylic acids is 1. The zero-order valence-electron chi connectivity index (χ0n) is 16.9. The smallest absolute Gasteiger partial charge is 0.299 e. The Kier molecular flexibility index (Phi) is 5.67. The Morgan fingerprint density at radius 1 is 1.16 bits per heavy atom. The van der Waals surface area contributed by atoms with E-state index in [0.717, 1.165) is 5.56 Å². The van der Waals surface area contributed by atoms with Gasteiger partial charge in [0.25, 0.3) is 11.9 Å². The Labute approximate surface area is 177 Å². The zero-order chi connectivity index (χ0) is 21.8. The van der Waals surface area contributed by atoms with Crippen LogP contribution in [0.25, 0.3) is 22.6 Å². The SMILES string of the molecule is COc1cc(Nc2ncc(-c3ccccc3N(C)C(=O)CO)o2)ccc1-c1cnco1. The van der Waals surface area contributed by atoms with Gasteiger partial charge in [-0.25, -0.2) is 9.97 Å². The average Bonchev–Trinajstić information content (AvgIpc) is 3.50. The van der Waals surface area contributed by atoms with Crippen LogP contribution in [0, 0.1) is 0 Å². The van der Waals surface area contributed by atoms with Crippen LogP contribution >= 0.6 is 0 Å². The van der Waals surface area contributed by atoms with Gasteiger partial charge in [0.15, 0.2) is 17.9 Å². The summed E-state index contributed by atoms with van der Waals surface area (Å²) in [4.78, 5) is 21.5. The topological polar surface area (TPSA) is 114 Å². The van der Waals surface area contributed by atoms with Crippen LogP contribution < -0.4 is 15.0 Å². The number of oxazole rings is 2. The summed E-state index contributed by atoms with van der Waals surface area (Å²) in [6, 6.07) is 13.0. The quantitative estimate of drug-likeness (QED) is 0.465. The number of benzene rings is 2. The number of hydrogen-bond donors (Lipinski definition) is 2. The van der Waals surface area contributed by atoms with Crippen LogP contribution in [0.3, 0.4) is 0 Å². The molecule has 0 saturated heterocycles. The summed E-state index contributed by atoms with van der Waals surface area (Å²) in [6.45, 7) is -0.583. The third-order valence-corrected chi connectivity index (χ3v) is 4.70. The number of rotatable bonds is 7. The molecule has 0 radical (unpaired) electrons. The monoisotopic (exact) mass is 420 g/mol. The van der Waals surface area contributed by atoms with Crippen molar-refractivity contribution in [2.75, 3.05) is 31.0 Å². The standard InChI is InChI=1S/C22H20N4O5/c1-26(21(28)12-27)17-6-4-3-5-15(17)20-11-24-22(31-20)25-14-7-8-16(18(9-14)29-2)19-10-23-13-30-19/h3-11,13,27H,12H2,1-2H3,(H,24,25). The summed E-state index contributed by atoms with van der Waals surface area (Å²) in [5, 5.41) is 12.3. The highest BCUT2D eigenvalue weighted by Gasteiger charge is 2.17. The number of nitrogens with zero attached hydrogens (tertiary/aromatic N) is 3. The maximum absolute atomic E-state index is 11.9. The molecule has 0 saturated carbocycles. The molecular formula is C22H20N4O5. The second-order valence-electron chi connectivity index (χ2n) is 6.56. The number of aliphatic hydroxyl groups excluding tert-OH is 1. The number of nitrogens with one attached hydrogen (secondary N) is 1. The lowest BCUT2D eigenvalue weighted by Crippen LogP contribution is -2.29. The zero-order valence-corrected chi connectivity index (χ0v) is 16.9. The van der Waals surface area contributed by atoms with E-state index < -0.39 is 12.5 Å². The molecule has 0 aliphatic rings. The summed E-state index contributed by atoms with van der Waals surface area (Å²) in [5.74, 6) is 1.24. The number of hydrogen-bond acceptors (Lipinski definition) is 8. The van der Waals surface area contributed by atoms with Gasteiger partial charge in [-0.1, -0.05) is 12.1 Å². The molecule has 2 aromatic heterocycles. The van der Waals surface area contributed by atoms with E-state index in [4.69, 9.17) is 18.7 Å². The molecule has 2 N–H and O–H groups in total. The van der Waals surface area contributed by atoms with Gasteiger partial charge in [0, 0.05) is 24.4 Å². The summed E-state index contributed by atoms with van der Waals surface area (Å²) < 4.78 is 16.7. The van der Waals surface area contributed by atoms with E-state index in [9.17, 15) is 4.79 Å². The molecule has 0 bridgehead atoms. The Morgan fingerprint density at radius 2 is 2.00 bits per heavy atom. The van der Waals surface area contributed by atoms with Gasteiger partial charge < -0.3 is 28.9 Å². The van der Waals surface area contributed by atoms with Gasteiger partial charge in [0.05, 0.1) is 30.8 Å². The van der Waals surface area contributed by atoms with Crippen LogP contribution in [0.1, 0.15) is 0 Å². The van der Waals surface area contributed by atoms with Gasteiger partial charge in [-0.2, -0.15) is 0 Å². The lowest BCUT2D eigenvalue weighted by molar-refractivity contribution is -0.120. The molecule has 0 atom stereocenters. The van der Waals surface area contributed by atoms with Crippen molar-refractivity contribution >= 4 is 23.3 Å². The predicted octanol–water partition coefficient (Wildman–Crippen LogP) is 3.70. The summed E-state index contributed by atoms with van der Waals surface area (Å²) >= 11 is 0. The highest BCUT2D eigenvalue weighted by atomic mass is 16.5. The number of likely N-dealkylation sites (N-methyl/N-ethyl adjacent to an activating group) is 1. The Balaban J connectivity index is 1.59. The van der Waals surface area contributed by atoms with E-state index in [-0.39, 0.29) is 6.01 Å². The van der Waals surface area contributed by atoms with Gasteiger partial charge in [-0.15, -0.1) is 0 Å². The molecule has 0 aliphatic heterocycles. The Bertz CT molecular complexity index is 1190. The van der Waals surface area contributed by atoms with E-state index in [1.54, 1.807) is 44.8 Å². The Hall–Kier alpha value is -4.11. The van der Waals surface area contributed by atoms with Crippen LogP contribution in [0.2, 0.25) is 0 Å². The van der Waals surface area contributed by atoms with Crippen molar-refractivity contribution < 1.29 is 23.5 Å². The number of amides is 1. The van der Waals surface area contributed by atoms with Crippen LogP contribution in [0.15, 0.2) is 70.1 Å². The maximum Gasteiger partial charge on any atom is 0.299 e. The van der Waals surface area contributed by atoms with Crippen LogP contribution in [-0.4, -0.2) is 41.7 Å². The molecule has 0 unspecified atom stereocenters. The van der Waals surface area contributed by atoms with Gasteiger partial charge in [0.1, 0.15) is 12.4 Å². The number of para-hydroxylation sites is 1. The third-order valence-electron chi connectivity index (χ3n) is 4.70. The van der Waals surface area contributed by atoms with Crippen molar-refractivity contribution in [1.82, 2.24) is 9.97 Å². The second kappa shape index (κ2) is 8.72. The number of aliphatic hydroxyl groups is 1. The van der Waals surface area contributed by atoms with Crippen molar-refractivity contribution in [2.24, 2.45) is 0 Å². The van der Waals surface area contributed by atoms with E-state index >= 15 is 0 Å². The molecule has 31 heavy (non-hydrogen) atoms. The number of anilines is 3.